The molecule has 2 heterocycles. The number of thiazole rings is 1. The van der Waals surface area contributed by atoms with Crippen molar-refractivity contribution in [1.82, 2.24) is 9.29 Å². The summed E-state index contributed by atoms with van der Waals surface area (Å²) in [6.07, 6.45) is 1.88. The molecular formula is C21H23N3O2S2. The number of benzene rings is 2. The predicted octanol–water partition coefficient (Wildman–Crippen LogP) is 4.77. The molecule has 1 saturated heterocycles. The highest BCUT2D eigenvalue weighted by molar-refractivity contribution is 7.89. The maximum Gasteiger partial charge on any atom is 0.243 e. The molecule has 5 nitrogen and oxygen atoms in total. The van der Waals surface area contributed by atoms with Gasteiger partial charge in [0.25, 0.3) is 0 Å². The van der Waals surface area contributed by atoms with Crippen LogP contribution in [0.5, 0.6) is 0 Å². The molecule has 0 radical (unpaired) electrons. The van der Waals surface area contributed by atoms with Gasteiger partial charge in [-0.1, -0.05) is 42.5 Å². The second-order valence-electron chi connectivity index (χ2n) is 6.95. The van der Waals surface area contributed by atoms with E-state index in [1.807, 2.05) is 35.7 Å². The minimum absolute atomic E-state index is 0.160. The standard InChI is InChI=1S/C21H23N3O2S2/c1-16(17-7-3-2-4-8-17)22-21-23-20(15-27-21)18-9-11-19(12-10-18)28(25,26)24-13-5-6-14-24/h2-4,7-12,15-16H,5-6,13-14H2,1H3,(H,22,23)/t16-/m0/s1. The highest BCUT2D eigenvalue weighted by atomic mass is 32.2. The molecule has 7 heteroatoms. The lowest BCUT2D eigenvalue weighted by atomic mass is 10.1. The Morgan fingerprint density at radius 1 is 1.04 bits per heavy atom. The van der Waals surface area contributed by atoms with Gasteiger partial charge in [0.1, 0.15) is 0 Å². The smallest absolute Gasteiger partial charge is 0.243 e. The first-order valence-electron chi connectivity index (χ1n) is 9.41. The van der Waals surface area contributed by atoms with Crippen molar-refractivity contribution in [2.75, 3.05) is 18.4 Å². The van der Waals surface area contributed by atoms with E-state index in [1.54, 1.807) is 27.8 Å². The molecule has 3 aromatic rings. The SMILES string of the molecule is C[C@H](Nc1nc(-c2ccc(S(=O)(=O)N3CCCC3)cc2)cs1)c1ccccc1. The van der Waals surface area contributed by atoms with Gasteiger partial charge in [-0.2, -0.15) is 4.31 Å². The van der Waals surface area contributed by atoms with Crippen LogP contribution < -0.4 is 5.32 Å². The molecule has 146 valence electrons. The van der Waals surface area contributed by atoms with Crippen LogP contribution >= 0.6 is 11.3 Å². The number of nitrogens with one attached hydrogen (secondary N) is 1. The highest BCUT2D eigenvalue weighted by Crippen LogP contribution is 2.29. The van der Waals surface area contributed by atoms with Gasteiger partial charge in [0, 0.05) is 24.0 Å². The number of nitrogens with zero attached hydrogens (tertiary/aromatic N) is 2. The lowest BCUT2D eigenvalue weighted by Gasteiger charge is -2.15. The summed E-state index contributed by atoms with van der Waals surface area (Å²) in [5.74, 6) is 0. The molecule has 2 aromatic carbocycles. The van der Waals surface area contributed by atoms with E-state index < -0.39 is 10.0 Å². The zero-order valence-electron chi connectivity index (χ0n) is 15.7. The topological polar surface area (TPSA) is 62.3 Å². The summed E-state index contributed by atoms with van der Waals surface area (Å²) in [5.41, 5.74) is 2.96. The molecule has 0 amide bonds. The van der Waals surface area contributed by atoms with Gasteiger partial charge in [0.2, 0.25) is 10.0 Å². The number of sulfonamides is 1. The van der Waals surface area contributed by atoms with Gasteiger partial charge in [-0.15, -0.1) is 11.3 Å². The van der Waals surface area contributed by atoms with E-state index in [9.17, 15) is 8.42 Å². The molecule has 28 heavy (non-hydrogen) atoms. The normalized spacial score (nSPS) is 16.2. The van der Waals surface area contributed by atoms with Crippen molar-refractivity contribution >= 4 is 26.5 Å². The largest absolute Gasteiger partial charge is 0.355 e. The van der Waals surface area contributed by atoms with E-state index in [0.717, 1.165) is 29.2 Å². The van der Waals surface area contributed by atoms with Gasteiger partial charge in [0.15, 0.2) is 5.13 Å². The lowest BCUT2D eigenvalue weighted by Crippen LogP contribution is -2.27. The molecule has 1 atom stereocenters. The van der Waals surface area contributed by atoms with Crippen molar-refractivity contribution in [3.63, 3.8) is 0 Å². The zero-order chi connectivity index (χ0) is 19.6. The summed E-state index contributed by atoms with van der Waals surface area (Å²) < 4.78 is 26.9. The summed E-state index contributed by atoms with van der Waals surface area (Å²) in [7, 11) is -3.38. The van der Waals surface area contributed by atoms with Gasteiger partial charge in [-0.05, 0) is 37.5 Å². The van der Waals surface area contributed by atoms with Crippen molar-refractivity contribution in [3.8, 4) is 11.3 Å². The van der Waals surface area contributed by atoms with E-state index >= 15 is 0 Å². The van der Waals surface area contributed by atoms with Crippen LogP contribution in [-0.4, -0.2) is 30.8 Å². The monoisotopic (exact) mass is 413 g/mol. The lowest BCUT2D eigenvalue weighted by molar-refractivity contribution is 0.477. The van der Waals surface area contributed by atoms with Crippen molar-refractivity contribution in [2.45, 2.75) is 30.7 Å². The molecule has 0 bridgehead atoms. The van der Waals surface area contributed by atoms with Gasteiger partial charge < -0.3 is 5.32 Å². The number of rotatable bonds is 6. The van der Waals surface area contributed by atoms with Crippen molar-refractivity contribution in [1.29, 1.82) is 0 Å². The maximum absolute atomic E-state index is 12.6. The molecule has 1 fully saturated rings. The van der Waals surface area contributed by atoms with Gasteiger partial charge in [-0.3, -0.25) is 0 Å². The third-order valence-corrected chi connectivity index (χ3v) is 7.68. The molecular weight excluding hydrogens is 390 g/mol. The number of hydrogen-bond donors (Lipinski definition) is 1. The Morgan fingerprint density at radius 2 is 1.71 bits per heavy atom. The number of hydrogen-bond acceptors (Lipinski definition) is 5. The zero-order valence-corrected chi connectivity index (χ0v) is 17.3. The Labute approximate surface area is 170 Å². The Balaban J connectivity index is 1.48. The molecule has 1 aromatic heterocycles. The third kappa shape index (κ3) is 3.97. The van der Waals surface area contributed by atoms with Crippen LogP contribution in [0.2, 0.25) is 0 Å². The average Bonchev–Trinajstić information content (AvgIpc) is 3.41. The van der Waals surface area contributed by atoms with Crippen LogP contribution in [0.3, 0.4) is 0 Å². The van der Waals surface area contributed by atoms with E-state index in [1.165, 1.54) is 5.56 Å². The number of aromatic nitrogens is 1. The van der Waals surface area contributed by atoms with E-state index in [4.69, 9.17) is 0 Å². The molecule has 1 aliphatic heterocycles. The maximum atomic E-state index is 12.6. The van der Waals surface area contributed by atoms with Gasteiger partial charge >= 0.3 is 0 Å². The fourth-order valence-electron chi connectivity index (χ4n) is 3.36. The second-order valence-corrected chi connectivity index (χ2v) is 9.75. The van der Waals surface area contributed by atoms with Gasteiger partial charge in [0.05, 0.1) is 16.6 Å². The van der Waals surface area contributed by atoms with E-state index in [2.05, 4.69) is 29.4 Å². The minimum atomic E-state index is -3.38. The van der Waals surface area contributed by atoms with Crippen LogP contribution in [-0.2, 0) is 10.0 Å². The molecule has 4 rings (SSSR count). The fraction of sp³-hybridized carbons (Fsp3) is 0.286. The van der Waals surface area contributed by atoms with Crippen molar-refractivity contribution < 1.29 is 8.42 Å². The number of anilines is 1. The van der Waals surface area contributed by atoms with Crippen molar-refractivity contribution in [3.05, 3.63) is 65.5 Å². The molecule has 0 unspecified atom stereocenters. The Hall–Kier alpha value is -2.22. The summed E-state index contributed by atoms with van der Waals surface area (Å²) in [4.78, 5) is 5.01. The van der Waals surface area contributed by atoms with Crippen LogP contribution in [0.1, 0.15) is 31.4 Å². The fourth-order valence-corrected chi connectivity index (χ4v) is 5.68. The summed E-state index contributed by atoms with van der Waals surface area (Å²) in [6.45, 7) is 3.34. The molecule has 1 aliphatic rings. The van der Waals surface area contributed by atoms with Crippen LogP contribution in [0.25, 0.3) is 11.3 Å². The van der Waals surface area contributed by atoms with E-state index in [-0.39, 0.29) is 6.04 Å². The molecule has 0 saturated carbocycles. The van der Waals surface area contributed by atoms with E-state index in [0.29, 0.717) is 18.0 Å². The van der Waals surface area contributed by atoms with Crippen LogP contribution in [0, 0.1) is 0 Å². The Kier molecular flexibility index (Phi) is 5.48. The molecule has 1 N–H and O–H groups in total. The quantitative estimate of drug-likeness (QED) is 0.632. The van der Waals surface area contributed by atoms with Crippen LogP contribution in [0.4, 0.5) is 5.13 Å². The summed E-state index contributed by atoms with van der Waals surface area (Å²) >= 11 is 1.55. The highest BCUT2D eigenvalue weighted by Gasteiger charge is 2.27. The molecule has 0 aliphatic carbocycles. The first kappa shape index (κ1) is 19.1. The first-order chi connectivity index (χ1) is 13.5. The Morgan fingerprint density at radius 3 is 2.39 bits per heavy atom. The predicted molar refractivity (Wildman–Crippen MR) is 114 cm³/mol. The summed E-state index contributed by atoms with van der Waals surface area (Å²) in [6, 6.07) is 17.4. The average molecular weight is 414 g/mol. The van der Waals surface area contributed by atoms with Crippen molar-refractivity contribution in [2.24, 2.45) is 0 Å². The van der Waals surface area contributed by atoms with Gasteiger partial charge in [-0.25, -0.2) is 13.4 Å². The third-order valence-electron chi connectivity index (χ3n) is 5.00. The molecule has 0 spiro atoms. The minimum Gasteiger partial charge on any atom is -0.355 e. The first-order valence-corrected chi connectivity index (χ1v) is 11.7. The van der Waals surface area contributed by atoms with Crippen LogP contribution in [0.15, 0.2) is 64.9 Å². The Bertz CT molecular complexity index is 1030. The second kappa shape index (κ2) is 8.03. The summed E-state index contributed by atoms with van der Waals surface area (Å²) in [5, 5.41) is 6.26.